The molecule has 0 spiro atoms. The van der Waals surface area contributed by atoms with E-state index in [1.165, 1.54) is 26.5 Å². The highest BCUT2D eigenvalue weighted by molar-refractivity contribution is 7.16. The van der Waals surface area contributed by atoms with Crippen LogP contribution in [0.1, 0.15) is 20.9 Å². The summed E-state index contributed by atoms with van der Waals surface area (Å²) in [5.74, 6) is -0.369. The summed E-state index contributed by atoms with van der Waals surface area (Å²) in [5, 5.41) is 8.61. The number of aryl methyl sites for hydroxylation is 3. The van der Waals surface area contributed by atoms with Gasteiger partial charge in [-0.15, -0.1) is 11.3 Å². The van der Waals surface area contributed by atoms with E-state index in [1.807, 2.05) is 12.1 Å². The van der Waals surface area contributed by atoms with Gasteiger partial charge in [0.2, 0.25) is 0 Å². The molecule has 0 radical (unpaired) electrons. The zero-order valence-electron chi connectivity index (χ0n) is 15.1. The lowest BCUT2D eigenvalue weighted by Crippen LogP contribution is -2.25. The van der Waals surface area contributed by atoms with Crippen LogP contribution < -0.4 is 10.9 Å². The zero-order valence-corrected chi connectivity index (χ0v) is 15.9. The second-order valence-corrected chi connectivity index (χ2v) is 7.81. The Morgan fingerprint density at radius 1 is 1.07 bits per heavy atom. The van der Waals surface area contributed by atoms with Crippen molar-refractivity contribution >= 4 is 33.1 Å². The van der Waals surface area contributed by atoms with Gasteiger partial charge in [0.15, 0.2) is 10.8 Å². The van der Waals surface area contributed by atoms with Gasteiger partial charge in [0, 0.05) is 22.9 Å². The van der Waals surface area contributed by atoms with E-state index in [1.54, 1.807) is 31.3 Å². The van der Waals surface area contributed by atoms with E-state index in [-0.39, 0.29) is 17.2 Å². The molecule has 5 rings (SSSR count). The third-order valence-electron chi connectivity index (χ3n) is 4.98. The lowest BCUT2D eigenvalue weighted by Gasteiger charge is -2.13. The maximum absolute atomic E-state index is 12.9. The molecule has 138 valence electrons. The van der Waals surface area contributed by atoms with E-state index in [9.17, 15) is 9.59 Å². The summed E-state index contributed by atoms with van der Waals surface area (Å²) in [6, 6.07) is 15.2. The first-order valence-corrected chi connectivity index (χ1v) is 9.79. The third-order valence-corrected chi connectivity index (χ3v) is 6.01. The topological polar surface area (TPSA) is 76.9 Å². The number of hydrogen-bond acceptors (Lipinski definition) is 5. The second-order valence-electron chi connectivity index (χ2n) is 6.73. The molecule has 2 aromatic carbocycles. The number of amides is 1. The number of thiazole rings is 1. The van der Waals surface area contributed by atoms with Gasteiger partial charge in [0.1, 0.15) is 0 Å². The molecule has 0 saturated carbocycles. The number of carbonyl (C=O) groups is 1. The molecule has 2 heterocycles. The average Bonchev–Trinajstić information content (AvgIpc) is 3.13. The Hall–Kier alpha value is -3.32. The Bertz CT molecular complexity index is 1310. The van der Waals surface area contributed by atoms with Gasteiger partial charge in [-0.1, -0.05) is 42.5 Å². The molecular weight excluding hydrogens is 372 g/mol. The molecule has 1 aliphatic carbocycles. The summed E-state index contributed by atoms with van der Waals surface area (Å²) in [6.07, 6.45) is 1.90. The van der Waals surface area contributed by atoms with E-state index >= 15 is 0 Å². The summed E-state index contributed by atoms with van der Waals surface area (Å²) in [7, 11) is 1.55. The fourth-order valence-electron chi connectivity index (χ4n) is 3.63. The minimum Gasteiger partial charge on any atom is -0.296 e. The summed E-state index contributed by atoms with van der Waals surface area (Å²) in [6.45, 7) is 0. The van der Waals surface area contributed by atoms with Crippen LogP contribution in [-0.4, -0.2) is 20.7 Å². The van der Waals surface area contributed by atoms with Crippen molar-refractivity contribution in [3.8, 4) is 11.3 Å². The van der Waals surface area contributed by atoms with Crippen molar-refractivity contribution in [1.29, 1.82) is 0 Å². The Morgan fingerprint density at radius 2 is 1.82 bits per heavy atom. The van der Waals surface area contributed by atoms with Crippen molar-refractivity contribution in [2.45, 2.75) is 12.8 Å². The van der Waals surface area contributed by atoms with Crippen LogP contribution in [-0.2, 0) is 19.9 Å². The number of carbonyl (C=O) groups excluding carboxylic acids is 1. The molecule has 0 saturated heterocycles. The summed E-state index contributed by atoms with van der Waals surface area (Å²) in [5.41, 5.74) is 3.34. The van der Waals surface area contributed by atoms with Crippen LogP contribution in [0.15, 0.2) is 53.3 Å². The summed E-state index contributed by atoms with van der Waals surface area (Å²) >= 11 is 1.50. The summed E-state index contributed by atoms with van der Waals surface area (Å²) in [4.78, 5) is 31.0. The van der Waals surface area contributed by atoms with Crippen LogP contribution >= 0.6 is 11.3 Å². The molecule has 2 aromatic heterocycles. The third kappa shape index (κ3) is 2.63. The molecule has 0 aliphatic heterocycles. The first-order valence-electron chi connectivity index (χ1n) is 8.97. The van der Waals surface area contributed by atoms with Crippen LogP contribution in [0.3, 0.4) is 0 Å². The molecule has 1 aliphatic rings. The molecule has 0 atom stereocenters. The number of fused-ring (bicyclic) bond motifs is 4. The highest BCUT2D eigenvalue weighted by Crippen LogP contribution is 2.38. The maximum Gasteiger partial charge on any atom is 0.278 e. The largest absolute Gasteiger partial charge is 0.296 e. The van der Waals surface area contributed by atoms with Gasteiger partial charge in [0.25, 0.3) is 11.5 Å². The number of nitrogens with one attached hydrogen (secondary N) is 1. The van der Waals surface area contributed by atoms with E-state index in [2.05, 4.69) is 27.5 Å². The zero-order chi connectivity index (χ0) is 19.3. The van der Waals surface area contributed by atoms with Crippen LogP contribution in [0.2, 0.25) is 0 Å². The van der Waals surface area contributed by atoms with Gasteiger partial charge in [-0.05, 0) is 24.5 Å². The standard InChI is InChI=1S/C21H16N4O2S/c1-25-20(27)15-9-5-4-8-14(15)18(24-25)19(26)23-21-22-17-13-7-3-2-6-12(13)10-11-16(17)28-21/h2-9H,10-11H2,1H3,(H,22,23,26). The minimum absolute atomic E-state index is 0.214. The smallest absolute Gasteiger partial charge is 0.278 e. The van der Waals surface area contributed by atoms with E-state index < -0.39 is 0 Å². The number of hydrogen-bond donors (Lipinski definition) is 1. The first-order chi connectivity index (χ1) is 13.6. The molecule has 4 aromatic rings. The van der Waals surface area contributed by atoms with Gasteiger partial charge in [-0.3, -0.25) is 14.9 Å². The molecule has 28 heavy (non-hydrogen) atoms. The Morgan fingerprint density at radius 3 is 2.68 bits per heavy atom. The lowest BCUT2D eigenvalue weighted by atomic mass is 9.94. The Kier molecular flexibility index (Phi) is 3.84. The van der Waals surface area contributed by atoms with E-state index in [0.29, 0.717) is 15.9 Å². The highest BCUT2D eigenvalue weighted by Gasteiger charge is 2.22. The monoisotopic (exact) mass is 388 g/mol. The van der Waals surface area contributed by atoms with Gasteiger partial charge in [-0.2, -0.15) is 5.10 Å². The summed E-state index contributed by atoms with van der Waals surface area (Å²) < 4.78 is 1.19. The van der Waals surface area contributed by atoms with E-state index in [0.717, 1.165) is 24.1 Å². The van der Waals surface area contributed by atoms with Crippen LogP contribution in [0, 0.1) is 0 Å². The predicted molar refractivity (Wildman–Crippen MR) is 110 cm³/mol. The normalized spacial score (nSPS) is 12.5. The number of nitrogens with zero attached hydrogens (tertiary/aromatic N) is 3. The second kappa shape index (κ2) is 6.38. The SMILES string of the molecule is Cn1nc(C(=O)Nc2nc3c(s2)CCc2ccccc2-3)c2ccccc2c1=O. The van der Waals surface area contributed by atoms with Crippen molar-refractivity contribution in [2.24, 2.45) is 7.05 Å². The van der Waals surface area contributed by atoms with Crippen molar-refractivity contribution < 1.29 is 4.79 Å². The quantitative estimate of drug-likeness (QED) is 0.571. The molecule has 6 nitrogen and oxygen atoms in total. The molecule has 1 N–H and O–H groups in total. The number of anilines is 1. The van der Waals surface area contributed by atoms with Gasteiger partial charge in [-0.25, -0.2) is 9.67 Å². The number of aromatic nitrogens is 3. The van der Waals surface area contributed by atoms with Gasteiger partial charge in [0.05, 0.1) is 11.1 Å². The number of benzene rings is 2. The first kappa shape index (κ1) is 16.8. The van der Waals surface area contributed by atoms with Gasteiger partial charge >= 0.3 is 0 Å². The fraction of sp³-hybridized carbons (Fsp3) is 0.143. The molecule has 0 fully saturated rings. The maximum atomic E-state index is 12.9. The Balaban J connectivity index is 1.53. The van der Waals surface area contributed by atoms with Crippen LogP contribution in [0.4, 0.5) is 5.13 Å². The highest BCUT2D eigenvalue weighted by atomic mass is 32.1. The number of rotatable bonds is 2. The molecular formula is C21H16N4O2S. The molecule has 7 heteroatoms. The lowest BCUT2D eigenvalue weighted by molar-refractivity contribution is 0.102. The van der Waals surface area contributed by atoms with Crippen molar-refractivity contribution in [3.63, 3.8) is 0 Å². The van der Waals surface area contributed by atoms with Crippen molar-refractivity contribution in [3.05, 3.63) is 75.0 Å². The van der Waals surface area contributed by atoms with Crippen molar-refractivity contribution in [1.82, 2.24) is 14.8 Å². The van der Waals surface area contributed by atoms with Crippen LogP contribution in [0.25, 0.3) is 22.0 Å². The van der Waals surface area contributed by atoms with Crippen molar-refractivity contribution in [2.75, 3.05) is 5.32 Å². The Labute approximate surface area is 164 Å². The molecule has 1 amide bonds. The van der Waals surface area contributed by atoms with Crippen LogP contribution in [0.5, 0.6) is 0 Å². The fourth-order valence-corrected chi connectivity index (χ4v) is 4.60. The van der Waals surface area contributed by atoms with E-state index in [4.69, 9.17) is 0 Å². The molecule has 0 unspecified atom stereocenters. The molecule has 0 bridgehead atoms. The minimum atomic E-state index is -0.369. The van der Waals surface area contributed by atoms with Gasteiger partial charge < -0.3 is 0 Å². The predicted octanol–water partition coefficient (Wildman–Crippen LogP) is 3.41. The average molecular weight is 388 g/mol.